The first kappa shape index (κ1) is 31.6. The maximum atomic E-state index is 14.1. The Bertz CT molecular complexity index is 1740. The van der Waals surface area contributed by atoms with E-state index in [0.717, 1.165) is 23.3 Å². The summed E-state index contributed by atoms with van der Waals surface area (Å²) in [4.78, 5) is 26.5. The number of halogens is 1. The van der Waals surface area contributed by atoms with Gasteiger partial charge in [0.05, 0.1) is 19.1 Å². The Morgan fingerprint density at radius 2 is 1.91 bits per heavy atom. The largest absolute Gasteiger partial charge is 0.514 e. The molecule has 0 aromatic heterocycles. The van der Waals surface area contributed by atoms with Gasteiger partial charge in [-0.3, -0.25) is 4.79 Å². The van der Waals surface area contributed by atoms with E-state index >= 15 is 0 Å². The van der Waals surface area contributed by atoms with Crippen LogP contribution in [0, 0.1) is 23.6 Å². The van der Waals surface area contributed by atoms with Crippen LogP contribution in [-0.2, 0) is 30.2 Å². The van der Waals surface area contributed by atoms with Crippen molar-refractivity contribution in [1.29, 1.82) is 0 Å². The molecule has 10 nitrogen and oxygen atoms in total. The zero-order valence-corrected chi connectivity index (χ0v) is 26.6. The van der Waals surface area contributed by atoms with Crippen LogP contribution in [0.25, 0.3) is 0 Å². The summed E-state index contributed by atoms with van der Waals surface area (Å²) in [7, 11) is 1.23. The first-order valence-electron chi connectivity index (χ1n) is 15.6. The van der Waals surface area contributed by atoms with Gasteiger partial charge in [-0.2, -0.15) is 0 Å². The van der Waals surface area contributed by atoms with E-state index in [1.54, 1.807) is 13.0 Å². The van der Waals surface area contributed by atoms with Crippen LogP contribution >= 0.6 is 0 Å². The Kier molecular flexibility index (Phi) is 7.22. The molecule has 0 radical (unpaired) electrons. The second-order valence-corrected chi connectivity index (χ2v) is 13.4. The van der Waals surface area contributed by atoms with Crippen LogP contribution in [0.4, 0.5) is 9.18 Å². The molecule has 3 bridgehead atoms. The van der Waals surface area contributed by atoms with Crippen molar-refractivity contribution < 1.29 is 52.6 Å². The average Bonchev–Trinajstić information content (AvgIpc) is 3.33. The van der Waals surface area contributed by atoms with Gasteiger partial charge in [-0.25, -0.2) is 9.18 Å². The van der Waals surface area contributed by atoms with Gasteiger partial charge in [0, 0.05) is 30.4 Å². The molecule has 3 aliphatic carbocycles. The molecule has 3 fully saturated rings. The Labute approximate surface area is 271 Å². The maximum Gasteiger partial charge on any atom is 0.514 e. The number of Topliss-reactive ketones (excluding diaryl/α,β-unsaturated/α-hetero) is 1. The third-order valence-electron chi connectivity index (χ3n) is 10.5. The van der Waals surface area contributed by atoms with E-state index in [9.17, 15) is 24.2 Å². The maximum absolute atomic E-state index is 14.1. The lowest BCUT2D eigenvalue weighted by Crippen LogP contribution is -2.70. The lowest BCUT2D eigenvalue weighted by molar-refractivity contribution is -0.421. The molecule has 11 heteroatoms. The molecule has 5 aliphatic rings. The first-order chi connectivity index (χ1) is 22.3. The molecule has 2 aromatic carbocycles. The summed E-state index contributed by atoms with van der Waals surface area (Å²) in [6.45, 7) is 9.59. The van der Waals surface area contributed by atoms with Crippen molar-refractivity contribution in [2.24, 2.45) is 17.8 Å². The second kappa shape index (κ2) is 10.7. The summed E-state index contributed by atoms with van der Waals surface area (Å²) in [5, 5.41) is 22.1. The molecule has 47 heavy (non-hydrogen) atoms. The Hall–Kier alpha value is -4.03. The number of phenols is 1. The van der Waals surface area contributed by atoms with Crippen molar-refractivity contribution in [2.45, 2.75) is 68.9 Å². The zero-order valence-electron chi connectivity index (χ0n) is 26.6. The molecule has 0 spiro atoms. The molecule has 2 aromatic rings. The zero-order chi connectivity index (χ0) is 33.5. The minimum Gasteiger partial charge on any atom is -0.502 e. The molecule has 2 aliphatic heterocycles. The number of benzene rings is 2. The Morgan fingerprint density at radius 1 is 1.17 bits per heavy atom. The SMILES string of the molecule is C=C(C)[C@]12C[C@@H](C)[C@@]34O[C@](Cc5ccccc5)(O[C@@H]1[C@@H]3C=C(COC(=O)Oc1cc(F)c(O)c(OC)c1)C[C@]1(O)C(=O)C(C)=C[C@@H]41)O2. The highest BCUT2D eigenvalue weighted by atomic mass is 19.1. The van der Waals surface area contributed by atoms with Crippen LogP contribution in [0.2, 0.25) is 0 Å². The summed E-state index contributed by atoms with van der Waals surface area (Å²) >= 11 is 0. The minimum absolute atomic E-state index is 0.132. The molecule has 2 saturated heterocycles. The van der Waals surface area contributed by atoms with Crippen molar-refractivity contribution >= 4 is 11.9 Å². The van der Waals surface area contributed by atoms with Crippen LogP contribution < -0.4 is 9.47 Å². The van der Waals surface area contributed by atoms with Gasteiger partial charge >= 0.3 is 6.16 Å². The molecule has 0 unspecified atom stereocenters. The summed E-state index contributed by atoms with van der Waals surface area (Å²) < 4.78 is 50.4. The van der Waals surface area contributed by atoms with Gasteiger partial charge in [-0.15, -0.1) is 0 Å². The average molecular weight is 649 g/mol. The number of hydrogen-bond acceptors (Lipinski definition) is 10. The van der Waals surface area contributed by atoms with Gasteiger partial charge in [0.2, 0.25) is 0 Å². The number of ether oxygens (including phenoxy) is 6. The normalized spacial score (nSPS) is 36.5. The molecule has 248 valence electrons. The monoisotopic (exact) mass is 648 g/mol. The number of ketones is 1. The first-order valence-corrected chi connectivity index (χ1v) is 15.6. The van der Waals surface area contributed by atoms with Crippen molar-refractivity contribution in [2.75, 3.05) is 13.7 Å². The molecule has 2 heterocycles. The van der Waals surface area contributed by atoms with E-state index < -0.39 is 64.2 Å². The number of phenolic OH excluding ortho intramolecular Hbond substituents is 1. The van der Waals surface area contributed by atoms with Crippen molar-refractivity contribution in [1.82, 2.24) is 0 Å². The van der Waals surface area contributed by atoms with Gasteiger partial charge in [0.25, 0.3) is 5.97 Å². The fourth-order valence-electron chi connectivity index (χ4n) is 8.53. The lowest BCUT2D eigenvalue weighted by Gasteiger charge is -2.59. The van der Waals surface area contributed by atoms with Gasteiger partial charge in [-0.1, -0.05) is 56.0 Å². The van der Waals surface area contributed by atoms with E-state index in [1.807, 2.05) is 50.3 Å². The third-order valence-corrected chi connectivity index (χ3v) is 10.5. The van der Waals surface area contributed by atoms with E-state index in [1.165, 1.54) is 7.11 Å². The quantitative estimate of drug-likeness (QED) is 0.231. The van der Waals surface area contributed by atoms with Crippen LogP contribution in [0.15, 0.2) is 77.9 Å². The molecule has 1 saturated carbocycles. The fraction of sp³-hybridized carbons (Fsp3) is 0.444. The van der Waals surface area contributed by atoms with E-state index in [2.05, 4.69) is 6.58 Å². The number of hydrogen-bond donors (Lipinski definition) is 2. The molecular weight excluding hydrogens is 611 g/mol. The summed E-state index contributed by atoms with van der Waals surface area (Å²) in [5.74, 6) is -5.70. The van der Waals surface area contributed by atoms with Gasteiger partial charge in [0.1, 0.15) is 29.7 Å². The second-order valence-electron chi connectivity index (χ2n) is 13.4. The number of aliphatic hydroxyl groups is 1. The minimum atomic E-state index is -1.90. The Morgan fingerprint density at radius 3 is 2.62 bits per heavy atom. The van der Waals surface area contributed by atoms with E-state index in [4.69, 9.17) is 28.4 Å². The van der Waals surface area contributed by atoms with Gasteiger partial charge < -0.3 is 38.6 Å². The van der Waals surface area contributed by atoms with Crippen LogP contribution in [-0.4, -0.2) is 64.7 Å². The third kappa shape index (κ3) is 4.58. The van der Waals surface area contributed by atoms with Crippen LogP contribution in [0.3, 0.4) is 0 Å². The van der Waals surface area contributed by atoms with Crippen molar-refractivity contribution in [3.05, 3.63) is 89.3 Å². The van der Waals surface area contributed by atoms with Crippen LogP contribution in [0.5, 0.6) is 17.2 Å². The number of rotatable bonds is 7. The highest BCUT2D eigenvalue weighted by Crippen LogP contribution is 2.68. The number of aromatic hydroxyl groups is 1. The summed E-state index contributed by atoms with van der Waals surface area (Å²) in [5.41, 5.74) is -1.38. The highest BCUT2D eigenvalue weighted by Gasteiger charge is 2.79. The standard InChI is InChI=1S/C36H37FO10/c1-19(2)34-15-21(4)36-25(31(34)45-35(46-34,47-36)17-22-9-7-6-8-10-22)12-23(16-33(41)28(36)11-20(3)30(33)39)18-43-32(40)44-24-13-26(37)29(38)27(14-24)42-5/h6-14,21,25,28,31,38,41H,1,15-18H2,2-5H3/t21-,25+,28-,31-,33-,34-,35-,36-/m1/s1. The highest BCUT2D eigenvalue weighted by molar-refractivity contribution is 6.04. The lowest BCUT2D eigenvalue weighted by atomic mass is 9.55. The number of fused-ring (bicyclic) bond motifs is 2. The van der Waals surface area contributed by atoms with Gasteiger partial charge in [0.15, 0.2) is 23.1 Å². The molecule has 7 rings (SSSR count). The number of methoxy groups -OCH3 is 1. The predicted molar refractivity (Wildman–Crippen MR) is 164 cm³/mol. The summed E-state index contributed by atoms with van der Waals surface area (Å²) in [6, 6.07) is 11.7. The van der Waals surface area contributed by atoms with Crippen LogP contribution in [0.1, 0.15) is 39.2 Å². The Balaban J connectivity index is 1.26. The molecule has 0 amide bonds. The summed E-state index contributed by atoms with van der Waals surface area (Å²) in [6.07, 6.45) is 2.56. The molecular formula is C36H37FO10. The predicted octanol–water partition coefficient (Wildman–Crippen LogP) is 5.31. The van der Waals surface area contributed by atoms with Gasteiger partial charge in [-0.05, 0) is 48.5 Å². The van der Waals surface area contributed by atoms with E-state index in [-0.39, 0.29) is 36.9 Å². The van der Waals surface area contributed by atoms with Crippen molar-refractivity contribution in [3.63, 3.8) is 0 Å². The topological polar surface area (TPSA) is 130 Å². The number of carbonyl (C=O) groups is 2. The van der Waals surface area contributed by atoms with E-state index in [0.29, 0.717) is 17.6 Å². The molecule has 2 N–H and O–H groups in total. The smallest absolute Gasteiger partial charge is 0.502 e. The van der Waals surface area contributed by atoms with Crippen molar-refractivity contribution in [3.8, 4) is 17.2 Å². The fourth-order valence-corrected chi connectivity index (χ4v) is 8.53. The number of carbonyl (C=O) groups excluding carboxylic acids is 2. The molecule has 8 atom stereocenters.